The Kier molecular flexibility index (Phi) is 4.60. The molecule has 1 amide bonds. The van der Waals surface area contributed by atoms with Crippen molar-refractivity contribution in [2.24, 2.45) is 0 Å². The van der Waals surface area contributed by atoms with Gasteiger partial charge >= 0.3 is 5.92 Å². The predicted octanol–water partition coefficient (Wildman–Crippen LogP) is 3.43. The van der Waals surface area contributed by atoms with E-state index in [9.17, 15) is 13.6 Å². The minimum atomic E-state index is -3.70. The van der Waals surface area contributed by atoms with Crippen molar-refractivity contribution in [1.29, 1.82) is 0 Å². The number of carbonyl (C=O) groups excluding carboxylic acids is 1. The average Bonchev–Trinajstić information content (AvgIpc) is 2.54. The standard InChI is InChI=1S/C16H15F2NO3/c1-21-13-9-8-11(10-14(13)22-2)16(17,18)15(20)19-12-6-4-3-5-7-12/h3-10H,1-2H3,(H,19,20). The summed E-state index contributed by atoms with van der Waals surface area (Å²) in [6, 6.07) is 11.6. The Bertz CT molecular complexity index is 660. The number of ether oxygens (including phenoxy) is 2. The van der Waals surface area contributed by atoms with Gasteiger partial charge in [0.15, 0.2) is 11.5 Å². The van der Waals surface area contributed by atoms with E-state index in [-0.39, 0.29) is 5.75 Å². The van der Waals surface area contributed by atoms with Crippen LogP contribution in [0.15, 0.2) is 48.5 Å². The van der Waals surface area contributed by atoms with Crippen LogP contribution in [-0.4, -0.2) is 20.1 Å². The summed E-state index contributed by atoms with van der Waals surface area (Å²) >= 11 is 0. The second kappa shape index (κ2) is 6.43. The molecule has 2 aromatic carbocycles. The second-order valence-electron chi connectivity index (χ2n) is 4.46. The number of carbonyl (C=O) groups is 1. The van der Waals surface area contributed by atoms with Crippen LogP contribution in [0.1, 0.15) is 5.56 Å². The zero-order valence-electron chi connectivity index (χ0n) is 12.1. The smallest absolute Gasteiger partial charge is 0.350 e. The van der Waals surface area contributed by atoms with E-state index in [1.165, 1.54) is 32.4 Å². The Morgan fingerprint density at radius 1 is 1.00 bits per heavy atom. The van der Waals surface area contributed by atoms with Gasteiger partial charge in [-0.05, 0) is 30.3 Å². The summed E-state index contributed by atoms with van der Waals surface area (Å²) in [6.07, 6.45) is 0. The zero-order chi connectivity index (χ0) is 16.2. The molecule has 0 fully saturated rings. The van der Waals surface area contributed by atoms with Crippen LogP contribution in [0.2, 0.25) is 0 Å². The van der Waals surface area contributed by atoms with Crippen molar-refractivity contribution >= 4 is 11.6 Å². The lowest BCUT2D eigenvalue weighted by molar-refractivity contribution is -0.140. The third kappa shape index (κ3) is 3.16. The van der Waals surface area contributed by atoms with E-state index in [2.05, 4.69) is 5.32 Å². The van der Waals surface area contributed by atoms with Gasteiger partial charge in [0.05, 0.1) is 14.2 Å². The summed E-state index contributed by atoms with van der Waals surface area (Å²) in [4.78, 5) is 11.9. The number of alkyl halides is 2. The molecule has 0 aliphatic heterocycles. The highest BCUT2D eigenvalue weighted by molar-refractivity contribution is 5.96. The molecule has 0 saturated carbocycles. The molecule has 0 saturated heterocycles. The molecule has 6 heteroatoms. The molecule has 0 heterocycles. The van der Waals surface area contributed by atoms with Crippen molar-refractivity contribution in [3.63, 3.8) is 0 Å². The number of amides is 1. The monoisotopic (exact) mass is 307 g/mol. The van der Waals surface area contributed by atoms with Gasteiger partial charge in [-0.15, -0.1) is 0 Å². The number of methoxy groups -OCH3 is 2. The number of benzene rings is 2. The maximum Gasteiger partial charge on any atom is 0.350 e. The van der Waals surface area contributed by atoms with E-state index in [1.54, 1.807) is 18.2 Å². The summed E-state index contributed by atoms with van der Waals surface area (Å²) in [5.41, 5.74) is -0.175. The van der Waals surface area contributed by atoms with Crippen molar-refractivity contribution < 1.29 is 23.0 Å². The molecule has 22 heavy (non-hydrogen) atoms. The van der Waals surface area contributed by atoms with Crippen LogP contribution < -0.4 is 14.8 Å². The minimum Gasteiger partial charge on any atom is -0.493 e. The Morgan fingerprint density at radius 2 is 1.64 bits per heavy atom. The number of nitrogens with one attached hydrogen (secondary N) is 1. The first kappa shape index (κ1) is 15.8. The topological polar surface area (TPSA) is 47.6 Å². The van der Waals surface area contributed by atoms with E-state index in [0.29, 0.717) is 11.4 Å². The van der Waals surface area contributed by atoms with Crippen molar-refractivity contribution in [1.82, 2.24) is 0 Å². The van der Waals surface area contributed by atoms with Crippen LogP contribution >= 0.6 is 0 Å². The van der Waals surface area contributed by atoms with Gasteiger partial charge in [-0.25, -0.2) is 0 Å². The molecule has 0 bridgehead atoms. The highest BCUT2D eigenvalue weighted by atomic mass is 19.3. The van der Waals surface area contributed by atoms with Crippen LogP contribution in [0.25, 0.3) is 0 Å². The molecule has 0 aliphatic carbocycles. The molecular formula is C16H15F2NO3. The van der Waals surface area contributed by atoms with Crippen LogP contribution in [-0.2, 0) is 10.7 Å². The Hall–Kier alpha value is -2.63. The van der Waals surface area contributed by atoms with Crippen molar-refractivity contribution in [2.75, 3.05) is 19.5 Å². The lowest BCUT2D eigenvalue weighted by Gasteiger charge is -2.18. The third-order valence-electron chi connectivity index (χ3n) is 3.06. The fourth-order valence-electron chi connectivity index (χ4n) is 1.89. The molecule has 0 aromatic heterocycles. The largest absolute Gasteiger partial charge is 0.493 e. The van der Waals surface area contributed by atoms with Gasteiger partial charge in [0, 0.05) is 11.3 Å². The van der Waals surface area contributed by atoms with E-state index in [4.69, 9.17) is 9.47 Å². The van der Waals surface area contributed by atoms with Gasteiger partial charge in [-0.1, -0.05) is 18.2 Å². The van der Waals surface area contributed by atoms with Gasteiger partial charge < -0.3 is 14.8 Å². The number of halogens is 2. The molecule has 4 nitrogen and oxygen atoms in total. The first-order valence-electron chi connectivity index (χ1n) is 6.46. The van der Waals surface area contributed by atoms with Gasteiger partial charge in [-0.3, -0.25) is 4.79 Å². The zero-order valence-corrected chi connectivity index (χ0v) is 12.1. The van der Waals surface area contributed by atoms with E-state index < -0.39 is 17.4 Å². The quantitative estimate of drug-likeness (QED) is 0.920. The van der Waals surface area contributed by atoms with Gasteiger partial charge in [-0.2, -0.15) is 8.78 Å². The molecule has 0 spiro atoms. The summed E-state index contributed by atoms with van der Waals surface area (Å²) in [5, 5.41) is 2.19. The first-order valence-corrected chi connectivity index (χ1v) is 6.46. The fourth-order valence-corrected chi connectivity index (χ4v) is 1.89. The number of rotatable bonds is 5. The number of anilines is 1. The molecule has 2 aromatic rings. The van der Waals surface area contributed by atoms with Gasteiger partial charge in [0.25, 0.3) is 5.91 Å². The van der Waals surface area contributed by atoms with Crippen LogP contribution in [0, 0.1) is 0 Å². The van der Waals surface area contributed by atoms with Crippen LogP contribution in [0.3, 0.4) is 0 Å². The maximum absolute atomic E-state index is 14.3. The SMILES string of the molecule is COc1ccc(C(F)(F)C(=O)Nc2ccccc2)cc1OC. The summed E-state index contributed by atoms with van der Waals surface area (Å²) in [5.74, 6) is -4.67. The number of hydrogen-bond donors (Lipinski definition) is 1. The maximum atomic E-state index is 14.3. The molecule has 0 unspecified atom stereocenters. The molecule has 0 aliphatic rings. The van der Waals surface area contributed by atoms with Crippen molar-refractivity contribution in [3.05, 3.63) is 54.1 Å². The van der Waals surface area contributed by atoms with Crippen molar-refractivity contribution in [2.45, 2.75) is 5.92 Å². The summed E-state index contributed by atoms with van der Waals surface area (Å²) in [6.45, 7) is 0. The first-order chi connectivity index (χ1) is 10.5. The average molecular weight is 307 g/mol. The van der Waals surface area contributed by atoms with Gasteiger partial charge in [0.2, 0.25) is 0 Å². The summed E-state index contributed by atoms with van der Waals surface area (Å²) in [7, 11) is 2.74. The second-order valence-corrected chi connectivity index (χ2v) is 4.46. The lowest BCUT2D eigenvalue weighted by atomic mass is 10.1. The van der Waals surface area contributed by atoms with Crippen molar-refractivity contribution in [3.8, 4) is 11.5 Å². The molecule has 1 N–H and O–H groups in total. The highest BCUT2D eigenvalue weighted by Crippen LogP contribution is 2.36. The molecule has 116 valence electrons. The highest BCUT2D eigenvalue weighted by Gasteiger charge is 2.41. The Morgan fingerprint density at radius 3 is 2.23 bits per heavy atom. The fraction of sp³-hybridized carbons (Fsp3) is 0.188. The number of hydrogen-bond acceptors (Lipinski definition) is 3. The third-order valence-corrected chi connectivity index (χ3v) is 3.06. The van der Waals surface area contributed by atoms with E-state index in [0.717, 1.165) is 12.1 Å². The molecule has 2 rings (SSSR count). The predicted molar refractivity (Wildman–Crippen MR) is 78.5 cm³/mol. The van der Waals surface area contributed by atoms with Crippen LogP contribution in [0.5, 0.6) is 11.5 Å². The van der Waals surface area contributed by atoms with E-state index >= 15 is 0 Å². The summed E-state index contributed by atoms with van der Waals surface area (Å²) < 4.78 is 38.5. The molecule has 0 atom stereocenters. The Labute approximate surface area is 126 Å². The lowest BCUT2D eigenvalue weighted by Crippen LogP contribution is -2.32. The van der Waals surface area contributed by atoms with E-state index in [1.807, 2.05) is 0 Å². The van der Waals surface area contributed by atoms with Gasteiger partial charge in [0.1, 0.15) is 0 Å². The van der Waals surface area contributed by atoms with Crippen LogP contribution in [0.4, 0.5) is 14.5 Å². The normalized spacial score (nSPS) is 10.9. The molecular weight excluding hydrogens is 292 g/mol. The number of para-hydroxylation sites is 1. The Balaban J connectivity index is 2.27. The molecule has 0 radical (unpaired) electrons. The minimum absolute atomic E-state index is 0.132.